The molecule has 1 atom stereocenters. The molecule has 6 nitrogen and oxygen atoms in total. The van der Waals surface area contributed by atoms with E-state index in [0.29, 0.717) is 13.1 Å². The third-order valence-corrected chi connectivity index (χ3v) is 3.22. The Balaban J connectivity index is 0.00000264. The Kier molecular flexibility index (Phi) is 8.46. The van der Waals surface area contributed by atoms with Crippen molar-refractivity contribution >= 4 is 29.9 Å². The van der Waals surface area contributed by atoms with E-state index in [9.17, 15) is 0 Å². The van der Waals surface area contributed by atoms with Gasteiger partial charge >= 0.3 is 0 Å². The molecule has 7 heteroatoms. The molecule has 0 fully saturated rings. The number of hydrogen-bond donors (Lipinski definition) is 2. The van der Waals surface area contributed by atoms with E-state index in [0.717, 1.165) is 17.4 Å². The number of halogens is 1. The zero-order valence-corrected chi connectivity index (χ0v) is 16.0. The fraction of sp³-hybridized carbons (Fsp3) is 0.375. The lowest BCUT2D eigenvalue weighted by Crippen LogP contribution is -2.41. The van der Waals surface area contributed by atoms with Gasteiger partial charge in [-0.15, -0.1) is 24.0 Å². The highest BCUT2D eigenvalue weighted by atomic mass is 127. The summed E-state index contributed by atoms with van der Waals surface area (Å²) in [6.07, 6.45) is 1.82. The first-order valence-corrected chi connectivity index (χ1v) is 7.32. The zero-order chi connectivity index (χ0) is 15.8. The molecule has 1 heterocycles. The summed E-state index contributed by atoms with van der Waals surface area (Å²) in [6.45, 7) is 3.36. The number of aryl methyl sites for hydroxylation is 1. The molecule has 0 bridgehead atoms. The van der Waals surface area contributed by atoms with E-state index in [-0.39, 0.29) is 30.1 Å². The molecule has 0 aliphatic rings. The average molecular weight is 429 g/mol. The van der Waals surface area contributed by atoms with Gasteiger partial charge in [0.1, 0.15) is 11.9 Å². The first kappa shape index (κ1) is 19.3. The third kappa shape index (κ3) is 6.47. The molecule has 23 heavy (non-hydrogen) atoms. The van der Waals surface area contributed by atoms with Crippen LogP contribution >= 0.6 is 24.0 Å². The van der Waals surface area contributed by atoms with Gasteiger partial charge in [0, 0.05) is 20.3 Å². The number of rotatable bonds is 6. The van der Waals surface area contributed by atoms with Gasteiger partial charge in [-0.25, -0.2) is 0 Å². The van der Waals surface area contributed by atoms with Crippen LogP contribution in [-0.4, -0.2) is 35.4 Å². The number of guanidine groups is 1. The smallest absolute Gasteiger partial charge is 0.191 e. The van der Waals surface area contributed by atoms with Crippen molar-refractivity contribution in [3.63, 3.8) is 0 Å². The Bertz CT molecular complexity index is 600. The second-order valence-corrected chi connectivity index (χ2v) is 4.99. The van der Waals surface area contributed by atoms with Crippen LogP contribution in [0.3, 0.4) is 0 Å². The van der Waals surface area contributed by atoms with E-state index < -0.39 is 0 Å². The fourth-order valence-electron chi connectivity index (χ4n) is 1.98. The lowest BCUT2D eigenvalue weighted by molar-refractivity contribution is 0.224. The Hall–Kier alpha value is -1.77. The minimum atomic E-state index is 0. The predicted molar refractivity (Wildman–Crippen MR) is 103 cm³/mol. The summed E-state index contributed by atoms with van der Waals surface area (Å²) < 4.78 is 7.65. The maximum atomic E-state index is 5.82. The molecule has 0 saturated carbocycles. The summed E-state index contributed by atoms with van der Waals surface area (Å²) >= 11 is 0. The van der Waals surface area contributed by atoms with Crippen LogP contribution in [0, 0.1) is 0 Å². The lowest BCUT2D eigenvalue weighted by atomic mass is 10.3. The molecule has 1 aromatic carbocycles. The van der Waals surface area contributed by atoms with Gasteiger partial charge in [0.25, 0.3) is 0 Å². The Labute approximate surface area is 154 Å². The summed E-state index contributed by atoms with van der Waals surface area (Å²) in [6, 6.07) is 11.8. The van der Waals surface area contributed by atoms with Crippen LogP contribution in [0.5, 0.6) is 5.75 Å². The lowest BCUT2D eigenvalue weighted by Gasteiger charge is -2.17. The standard InChI is InChI=1S/C16H23N5O.HI/c1-13(22-15-7-5-4-6-8-15)11-18-16(17-2)19-12-14-9-10-20-21(14)3;/h4-10,13H,11-12H2,1-3H3,(H2,17,18,19);1H. The normalized spacial score (nSPS) is 12.2. The van der Waals surface area contributed by atoms with E-state index in [1.54, 1.807) is 13.2 Å². The van der Waals surface area contributed by atoms with Gasteiger partial charge in [-0.2, -0.15) is 5.10 Å². The van der Waals surface area contributed by atoms with Crippen LogP contribution in [0.2, 0.25) is 0 Å². The Morgan fingerprint density at radius 1 is 1.26 bits per heavy atom. The number of hydrogen-bond acceptors (Lipinski definition) is 3. The maximum absolute atomic E-state index is 5.82. The molecule has 0 saturated heterocycles. The van der Waals surface area contributed by atoms with Crippen LogP contribution in [0.4, 0.5) is 0 Å². The van der Waals surface area contributed by atoms with E-state index in [4.69, 9.17) is 4.74 Å². The van der Waals surface area contributed by atoms with Gasteiger partial charge in [0.2, 0.25) is 0 Å². The number of benzene rings is 1. The van der Waals surface area contributed by atoms with Crippen LogP contribution in [-0.2, 0) is 13.6 Å². The minimum absolute atomic E-state index is 0. The summed E-state index contributed by atoms with van der Waals surface area (Å²) in [7, 11) is 3.67. The van der Waals surface area contributed by atoms with Gasteiger partial charge in [-0.3, -0.25) is 9.67 Å². The van der Waals surface area contributed by atoms with Gasteiger partial charge in [-0.05, 0) is 25.1 Å². The molecule has 2 N–H and O–H groups in total. The van der Waals surface area contributed by atoms with E-state index in [1.165, 1.54) is 0 Å². The number of para-hydroxylation sites is 1. The molecule has 2 rings (SSSR count). The van der Waals surface area contributed by atoms with Gasteiger partial charge in [0.15, 0.2) is 5.96 Å². The summed E-state index contributed by atoms with van der Waals surface area (Å²) in [5.74, 6) is 1.61. The van der Waals surface area contributed by atoms with Crippen molar-refractivity contribution in [2.75, 3.05) is 13.6 Å². The average Bonchev–Trinajstić information content (AvgIpc) is 2.94. The molecule has 1 aromatic heterocycles. The molecule has 0 radical (unpaired) electrons. The highest BCUT2D eigenvalue weighted by Crippen LogP contribution is 2.10. The van der Waals surface area contributed by atoms with Crippen molar-refractivity contribution in [2.24, 2.45) is 12.0 Å². The van der Waals surface area contributed by atoms with Crippen molar-refractivity contribution in [1.29, 1.82) is 0 Å². The van der Waals surface area contributed by atoms with Crippen LogP contribution in [0.1, 0.15) is 12.6 Å². The minimum Gasteiger partial charge on any atom is -0.489 e. The molecule has 0 aliphatic heterocycles. The first-order chi connectivity index (χ1) is 10.7. The highest BCUT2D eigenvalue weighted by molar-refractivity contribution is 14.0. The van der Waals surface area contributed by atoms with Crippen LogP contribution in [0.25, 0.3) is 0 Å². The fourth-order valence-corrected chi connectivity index (χ4v) is 1.98. The summed E-state index contributed by atoms with van der Waals surface area (Å²) in [5, 5.41) is 10.6. The quantitative estimate of drug-likeness (QED) is 0.420. The predicted octanol–water partition coefficient (Wildman–Crippen LogP) is 2.17. The first-order valence-electron chi connectivity index (χ1n) is 7.32. The zero-order valence-electron chi connectivity index (χ0n) is 13.7. The molecule has 0 spiro atoms. The highest BCUT2D eigenvalue weighted by Gasteiger charge is 2.06. The third-order valence-electron chi connectivity index (χ3n) is 3.22. The second kappa shape index (κ2) is 10.1. The number of nitrogens with zero attached hydrogens (tertiary/aromatic N) is 3. The molecule has 1 unspecified atom stereocenters. The molecular formula is C16H24IN5O. The molecule has 0 amide bonds. The topological polar surface area (TPSA) is 63.5 Å². The van der Waals surface area contributed by atoms with Crippen LogP contribution < -0.4 is 15.4 Å². The largest absolute Gasteiger partial charge is 0.489 e. The number of aromatic nitrogens is 2. The number of ether oxygens (including phenoxy) is 1. The Morgan fingerprint density at radius 3 is 2.61 bits per heavy atom. The van der Waals surface area contributed by atoms with E-state index in [2.05, 4.69) is 20.7 Å². The van der Waals surface area contributed by atoms with Crippen molar-refractivity contribution in [1.82, 2.24) is 20.4 Å². The van der Waals surface area contributed by atoms with Crippen molar-refractivity contribution < 1.29 is 4.74 Å². The monoisotopic (exact) mass is 429 g/mol. The number of nitrogens with one attached hydrogen (secondary N) is 2. The summed E-state index contributed by atoms with van der Waals surface area (Å²) in [5.41, 5.74) is 1.09. The maximum Gasteiger partial charge on any atom is 0.191 e. The van der Waals surface area contributed by atoms with Gasteiger partial charge < -0.3 is 15.4 Å². The SMILES string of the molecule is CN=C(NCc1ccnn1C)NCC(C)Oc1ccccc1.I. The molecular weight excluding hydrogens is 405 g/mol. The van der Waals surface area contributed by atoms with Crippen LogP contribution in [0.15, 0.2) is 47.6 Å². The molecule has 2 aromatic rings. The van der Waals surface area contributed by atoms with Crippen molar-refractivity contribution in [3.05, 3.63) is 48.3 Å². The van der Waals surface area contributed by atoms with Gasteiger partial charge in [-0.1, -0.05) is 18.2 Å². The number of aliphatic imine (C=N–C) groups is 1. The van der Waals surface area contributed by atoms with E-state index in [1.807, 2.05) is 55.1 Å². The van der Waals surface area contributed by atoms with Crippen molar-refractivity contribution in [2.45, 2.75) is 19.6 Å². The van der Waals surface area contributed by atoms with Crippen molar-refractivity contribution in [3.8, 4) is 5.75 Å². The van der Waals surface area contributed by atoms with Gasteiger partial charge in [0.05, 0.1) is 18.8 Å². The van der Waals surface area contributed by atoms with E-state index >= 15 is 0 Å². The molecule has 126 valence electrons. The second-order valence-electron chi connectivity index (χ2n) is 4.99. The molecule has 0 aliphatic carbocycles. The Morgan fingerprint density at radius 2 is 2.00 bits per heavy atom. The summed E-state index contributed by atoms with van der Waals surface area (Å²) in [4.78, 5) is 4.21.